The van der Waals surface area contributed by atoms with Gasteiger partial charge in [0.05, 0.1) is 17.7 Å². The highest BCUT2D eigenvalue weighted by Gasteiger charge is 2.34. The molecule has 0 spiro atoms. The number of imide groups is 1. The summed E-state index contributed by atoms with van der Waals surface area (Å²) in [7, 11) is 0. The molecule has 0 N–H and O–H groups in total. The molecule has 2 aliphatic rings. The fourth-order valence-electron chi connectivity index (χ4n) is 3.20. The summed E-state index contributed by atoms with van der Waals surface area (Å²) < 4.78 is 10.5. The number of carbonyl (C=O) groups excluding carboxylic acids is 3. The number of unbranched alkanes of at least 4 members (excludes halogenated alkanes) is 3. The van der Waals surface area contributed by atoms with Gasteiger partial charge >= 0.3 is 5.97 Å². The average Bonchev–Trinajstić information content (AvgIpc) is 3.24. The van der Waals surface area contributed by atoms with Gasteiger partial charge < -0.3 is 9.47 Å². The Morgan fingerprint density at radius 2 is 1.76 bits per heavy atom. The molecule has 1 atom stereocenters. The van der Waals surface area contributed by atoms with Crippen LogP contribution in [0.3, 0.4) is 0 Å². The summed E-state index contributed by atoms with van der Waals surface area (Å²) >= 11 is 0. The Bertz CT molecular complexity index is 616. The van der Waals surface area contributed by atoms with Crippen molar-refractivity contribution >= 4 is 17.8 Å². The zero-order chi connectivity index (χ0) is 17.6. The van der Waals surface area contributed by atoms with Crippen LogP contribution >= 0.6 is 0 Å². The molecule has 0 bridgehead atoms. The Morgan fingerprint density at radius 3 is 2.40 bits per heavy atom. The van der Waals surface area contributed by atoms with Crippen molar-refractivity contribution in [1.29, 1.82) is 0 Å². The van der Waals surface area contributed by atoms with Gasteiger partial charge in [0.2, 0.25) is 0 Å². The molecule has 6 nitrogen and oxygen atoms in total. The Kier molecular flexibility index (Phi) is 5.81. The Hall–Kier alpha value is -2.21. The van der Waals surface area contributed by atoms with Crippen LogP contribution in [0, 0.1) is 0 Å². The molecule has 2 amide bonds. The second-order valence-electron chi connectivity index (χ2n) is 6.39. The summed E-state index contributed by atoms with van der Waals surface area (Å²) in [5.41, 5.74) is 0.988. The van der Waals surface area contributed by atoms with Gasteiger partial charge in [-0.1, -0.05) is 18.6 Å². The van der Waals surface area contributed by atoms with E-state index in [0.717, 1.165) is 38.5 Å². The number of hydrogen-bond acceptors (Lipinski definition) is 5. The van der Waals surface area contributed by atoms with Crippen LogP contribution in [-0.4, -0.2) is 48.5 Å². The van der Waals surface area contributed by atoms with Crippen LogP contribution in [0.15, 0.2) is 24.3 Å². The number of esters is 1. The molecule has 0 radical (unpaired) electrons. The maximum atomic E-state index is 12.2. The van der Waals surface area contributed by atoms with Crippen LogP contribution in [0.25, 0.3) is 0 Å². The van der Waals surface area contributed by atoms with E-state index in [1.54, 1.807) is 24.3 Å². The zero-order valence-electron chi connectivity index (χ0n) is 14.2. The molecule has 25 heavy (non-hydrogen) atoms. The molecule has 0 aromatic heterocycles. The first-order valence-corrected chi connectivity index (χ1v) is 8.92. The number of rotatable bonds is 8. The van der Waals surface area contributed by atoms with Crippen molar-refractivity contribution in [3.05, 3.63) is 35.4 Å². The predicted molar refractivity (Wildman–Crippen MR) is 90.2 cm³/mol. The van der Waals surface area contributed by atoms with Gasteiger partial charge in [0, 0.05) is 13.2 Å². The third-order valence-electron chi connectivity index (χ3n) is 4.59. The lowest BCUT2D eigenvalue weighted by atomic mass is 10.1. The summed E-state index contributed by atoms with van der Waals surface area (Å²) in [6.07, 6.45) is 4.59. The smallest absolute Gasteiger partial charge is 0.335 e. The van der Waals surface area contributed by atoms with Crippen LogP contribution in [0.2, 0.25) is 0 Å². The highest BCUT2D eigenvalue weighted by atomic mass is 16.6. The molecule has 1 saturated heterocycles. The fraction of sp³-hybridized carbons (Fsp3) is 0.526. The standard InChI is InChI=1S/C19H23NO5/c21-17-14-8-3-4-9-15(14)18(22)20(17)11-5-1-2-6-12-25-19(23)16-10-7-13-24-16/h3-4,8-9,16H,1-2,5-7,10-13H2/t16-/m1/s1. The molecule has 2 heterocycles. The number of carbonyl (C=O) groups is 3. The number of nitrogens with zero attached hydrogens (tertiary/aromatic N) is 1. The third-order valence-corrected chi connectivity index (χ3v) is 4.59. The normalized spacial score (nSPS) is 19.4. The zero-order valence-corrected chi connectivity index (χ0v) is 14.2. The second-order valence-corrected chi connectivity index (χ2v) is 6.39. The fourth-order valence-corrected chi connectivity index (χ4v) is 3.20. The van der Waals surface area contributed by atoms with Crippen LogP contribution < -0.4 is 0 Å². The number of benzene rings is 1. The van der Waals surface area contributed by atoms with Crippen LogP contribution in [0.5, 0.6) is 0 Å². The lowest BCUT2D eigenvalue weighted by Crippen LogP contribution is -2.30. The first kappa shape index (κ1) is 17.6. The van der Waals surface area contributed by atoms with Crippen molar-refractivity contribution < 1.29 is 23.9 Å². The minimum atomic E-state index is -0.381. The maximum absolute atomic E-state index is 12.2. The molecule has 134 valence electrons. The number of hydrogen-bond donors (Lipinski definition) is 0. The molecule has 0 aliphatic carbocycles. The van der Waals surface area contributed by atoms with Crippen LogP contribution in [0.4, 0.5) is 0 Å². The molecule has 2 aliphatic heterocycles. The lowest BCUT2D eigenvalue weighted by Gasteiger charge is -2.13. The molecule has 6 heteroatoms. The van der Waals surface area contributed by atoms with Gasteiger partial charge in [0.1, 0.15) is 0 Å². The van der Waals surface area contributed by atoms with E-state index in [9.17, 15) is 14.4 Å². The molecule has 1 aromatic rings. The molecule has 0 unspecified atom stereocenters. The van der Waals surface area contributed by atoms with Crippen molar-refractivity contribution in [1.82, 2.24) is 4.90 Å². The number of amides is 2. The number of ether oxygens (including phenoxy) is 2. The van der Waals surface area contributed by atoms with E-state index in [-0.39, 0.29) is 23.9 Å². The van der Waals surface area contributed by atoms with E-state index in [2.05, 4.69) is 0 Å². The first-order valence-electron chi connectivity index (χ1n) is 8.92. The average molecular weight is 345 g/mol. The topological polar surface area (TPSA) is 72.9 Å². The van der Waals surface area contributed by atoms with Crippen molar-refractivity contribution in [3.63, 3.8) is 0 Å². The van der Waals surface area contributed by atoms with E-state index < -0.39 is 0 Å². The van der Waals surface area contributed by atoms with Gasteiger partial charge in [-0.3, -0.25) is 14.5 Å². The molecule has 1 fully saturated rings. The maximum Gasteiger partial charge on any atom is 0.335 e. The first-order chi connectivity index (χ1) is 12.2. The predicted octanol–water partition coefficient (Wildman–Crippen LogP) is 2.57. The van der Waals surface area contributed by atoms with Gasteiger partial charge in [0.15, 0.2) is 6.10 Å². The summed E-state index contributed by atoms with van der Waals surface area (Å²) in [6.45, 7) is 1.46. The third kappa shape index (κ3) is 4.07. The van der Waals surface area contributed by atoms with E-state index >= 15 is 0 Å². The van der Waals surface area contributed by atoms with Gasteiger partial charge in [-0.05, 0) is 44.2 Å². The summed E-state index contributed by atoms with van der Waals surface area (Å²) in [6, 6.07) is 6.92. The molecule has 0 saturated carbocycles. The minimum Gasteiger partial charge on any atom is -0.464 e. The van der Waals surface area contributed by atoms with E-state index in [0.29, 0.717) is 30.9 Å². The largest absolute Gasteiger partial charge is 0.464 e. The van der Waals surface area contributed by atoms with Gasteiger partial charge in [-0.25, -0.2) is 4.79 Å². The second kappa shape index (κ2) is 8.25. The highest BCUT2D eigenvalue weighted by Crippen LogP contribution is 2.22. The monoisotopic (exact) mass is 345 g/mol. The van der Waals surface area contributed by atoms with Gasteiger partial charge in [0.25, 0.3) is 11.8 Å². The summed E-state index contributed by atoms with van der Waals surface area (Å²) in [5, 5.41) is 0. The van der Waals surface area contributed by atoms with E-state index in [1.165, 1.54) is 4.90 Å². The Balaban J connectivity index is 1.30. The van der Waals surface area contributed by atoms with Crippen molar-refractivity contribution in [2.75, 3.05) is 19.8 Å². The van der Waals surface area contributed by atoms with Crippen LogP contribution in [0.1, 0.15) is 59.2 Å². The summed E-state index contributed by atoms with van der Waals surface area (Å²) in [5.74, 6) is -0.666. The summed E-state index contributed by atoms with van der Waals surface area (Å²) in [4.78, 5) is 37.4. The quantitative estimate of drug-likeness (QED) is 0.411. The van der Waals surface area contributed by atoms with Crippen molar-refractivity contribution in [3.8, 4) is 0 Å². The van der Waals surface area contributed by atoms with E-state index in [1.807, 2.05) is 0 Å². The minimum absolute atomic E-state index is 0.203. The van der Waals surface area contributed by atoms with Gasteiger partial charge in [-0.15, -0.1) is 0 Å². The van der Waals surface area contributed by atoms with Crippen molar-refractivity contribution in [2.24, 2.45) is 0 Å². The Morgan fingerprint density at radius 1 is 1.08 bits per heavy atom. The molecule has 1 aromatic carbocycles. The molecular weight excluding hydrogens is 322 g/mol. The van der Waals surface area contributed by atoms with E-state index in [4.69, 9.17) is 9.47 Å². The number of fused-ring (bicyclic) bond motifs is 1. The molecule has 3 rings (SSSR count). The van der Waals surface area contributed by atoms with Crippen LogP contribution in [-0.2, 0) is 14.3 Å². The highest BCUT2D eigenvalue weighted by molar-refractivity contribution is 6.21. The molecular formula is C19H23NO5. The van der Waals surface area contributed by atoms with Crippen molar-refractivity contribution in [2.45, 2.75) is 44.6 Å². The lowest BCUT2D eigenvalue weighted by molar-refractivity contribution is -0.154. The SMILES string of the molecule is O=C(OCCCCCCN1C(=O)c2ccccc2C1=O)[C@H]1CCCO1. The Labute approximate surface area is 147 Å². The van der Waals surface area contributed by atoms with Gasteiger partial charge in [-0.2, -0.15) is 0 Å².